The molecule has 94 valence electrons. The van der Waals surface area contributed by atoms with E-state index in [-0.39, 0.29) is 0 Å². The molecular weight excluding hydrogens is 329 g/mol. The average Bonchev–Trinajstić information content (AvgIpc) is 2.40. The zero-order valence-corrected chi connectivity index (χ0v) is 12.5. The fraction of sp³-hybridized carbons (Fsp3) is 0.667. The molecule has 0 saturated carbocycles. The lowest BCUT2D eigenvalue weighted by Crippen LogP contribution is -2.19. The highest BCUT2D eigenvalue weighted by Crippen LogP contribution is 2.26. The van der Waals surface area contributed by atoms with Crippen LogP contribution in [0.5, 0.6) is 0 Å². The maximum atomic E-state index is 5.51. The summed E-state index contributed by atoms with van der Waals surface area (Å²) in [7, 11) is 1.91. The van der Waals surface area contributed by atoms with Gasteiger partial charge in [-0.15, -0.1) is 0 Å². The van der Waals surface area contributed by atoms with E-state index in [9.17, 15) is 0 Å². The van der Waals surface area contributed by atoms with Crippen LogP contribution in [0.2, 0.25) is 0 Å². The molecular formula is C12H18IN3O. The Morgan fingerprint density at radius 3 is 2.88 bits per heavy atom. The highest BCUT2D eigenvalue weighted by atomic mass is 127. The summed E-state index contributed by atoms with van der Waals surface area (Å²) in [6.45, 7) is 3.76. The highest BCUT2D eigenvalue weighted by Gasteiger charge is 2.21. The van der Waals surface area contributed by atoms with Crippen LogP contribution in [0.25, 0.3) is 0 Å². The molecule has 1 saturated heterocycles. The van der Waals surface area contributed by atoms with Crippen LogP contribution in [0.15, 0.2) is 0 Å². The second-order valence-electron chi connectivity index (χ2n) is 4.21. The minimum atomic E-state index is 0.359. The molecule has 0 radical (unpaired) electrons. The van der Waals surface area contributed by atoms with Gasteiger partial charge in [0.15, 0.2) is 0 Å². The Bertz CT molecular complexity index is 366. The molecule has 0 bridgehead atoms. The molecule has 4 nitrogen and oxygen atoms in total. The molecule has 1 atom stereocenters. The number of rotatable bonds is 3. The van der Waals surface area contributed by atoms with Crippen LogP contribution in [-0.4, -0.2) is 30.2 Å². The van der Waals surface area contributed by atoms with Crippen molar-refractivity contribution in [1.82, 2.24) is 9.97 Å². The molecule has 1 aromatic heterocycles. The quantitative estimate of drug-likeness (QED) is 0.854. The average molecular weight is 347 g/mol. The Labute approximate surface area is 116 Å². The zero-order valence-electron chi connectivity index (χ0n) is 10.3. The van der Waals surface area contributed by atoms with Crippen LogP contribution in [0.1, 0.15) is 37.2 Å². The minimum absolute atomic E-state index is 0.359. The first-order valence-corrected chi connectivity index (χ1v) is 7.16. The predicted molar refractivity (Wildman–Crippen MR) is 76.5 cm³/mol. The van der Waals surface area contributed by atoms with E-state index in [0.29, 0.717) is 5.92 Å². The monoisotopic (exact) mass is 347 g/mol. The van der Waals surface area contributed by atoms with Crippen LogP contribution >= 0.6 is 22.6 Å². The van der Waals surface area contributed by atoms with Crippen molar-refractivity contribution in [1.29, 1.82) is 0 Å². The van der Waals surface area contributed by atoms with Gasteiger partial charge in [-0.05, 0) is 41.9 Å². The van der Waals surface area contributed by atoms with Crippen LogP contribution in [-0.2, 0) is 11.2 Å². The summed E-state index contributed by atoms with van der Waals surface area (Å²) in [5.74, 6) is 2.24. The maximum absolute atomic E-state index is 5.51. The lowest BCUT2D eigenvalue weighted by Gasteiger charge is -2.22. The second kappa shape index (κ2) is 5.95. The van der Waals surface area contributed by atoms with Crippen LogP contribution in [0, 0.1) is 3.57 Å². The number of hydrogen-bond donors (Lipinski definition) is 1. The van der Waals surface area contributed by atoms with Crippen molar-refractivity contribution in [3.63, 3.8) is 0 Å². The molecule has 5 heteroatoms. The maximum Gasteiger partial charge on any atom is 0.143 e. The second-order valence-corrected chi connectivity index (χ2v) is 5.29. The first-order chi connectivity index (χ1) is 8.26. The van der Waals surface area contributed by atoms with Gasteiger partial charge in [0.2, 0.25) is 0 Å². The third kappa shape index (κ3) is 2.88. The van der Waals surface area contributed by atoms with Gasteiger partial charge in [-0.2, -0.15) is 0 Å². The van der Waals surface area contributed by atoms with Crippen LogP contribution in [0.3, 0.4) is 0 Å². The molecule has 1 aliphatic rings. The van der Waals surface area contributed by atoms with Gasteiger partial charge in [0, 0.05) is 19.6 Å². The Kier molecular flexibility index (Phi) is 4.55. The Morgan fingerprint density at radius 2 is 2.29 bits per heavy atom. The predicted octanol–water partition coefficient (Wildman–Crippen LogP) is 2.58. The van der Waals surface area contributed by atoms with Crippen molar-refractivity contribution in [2.45, 2.75) is 32.1 Å². The first kappa shape index (κ1) is 13.0. The lowest BCUT2D eigenvalue weighted by atomic mass is 10.0. The molecule has 1 fully saturated rings. The van der Waals surface area contributed by atoms with Gasteiger partial charge in [-0.3, -0.25) is 0 Å². The van der Waals surface area contributed by atoms with Gasteiger partial charge in [0.05, 0.1) is 15.9 Å². The molecule has 2 heterocycles. The number of nitrogens with zero attached hydrogens (tertiary/aromatic N) is 2. The summed E-state index contributed by atoms with van der Waals surface area (Å²) in [5, 5.41) is 3.15. The van der Waals surface area contributed by atoms with Crippen LogP contribution < -0.4 is 5.32 Å². The van der Waals surface area contributed by atoms with Crippen molar-refractivity contribution < 1.29 is 4.74 Å². The Morgan fingerprint density at radius 1 is 1.47 bits per heavy atom. The van der Waals surface area contributed by atoms with Gasteiger partial charge in [-0.1, -0.05) is 6.92 Å². The van der Waals surface area contributed by atoms with Crippen molar-refractivity contribution in [2.75, 3.05) is 25.6 Å². The van der Waals surface area contributed by atoms with E-state index in [1.807, 2.05) is 7.05 Å². The normalized spacial score (nSPS) is 20.3. The molecule has 0 aromatic carbocycles. The molecule has 17 heavy (non-hydrogen) atoms. The Hall–Kier alpha value is -0.430. The van der Waals surface area contributed by atoms with Gasteiger partial charge in [0.1, 0.15) is 11.6 Å². The molecule has 1 N–H and O–H groups in total. The van der Waals surface area contributed by atoms with Crippen molar-refractivity contribution >= 4 is 28.4 Å². The van der Waals surface area contributed by atoms with Crippen molar-refractivity contribution in [3.05, 3.63) is 15.1 Å². The largest absolute Gasteiger partial charge is 0.381 e. The third-order valence-corrected chi connectivity index (χ3v) is 4.17. The minimum Gasteiger partial charge on any atom is -0.381 e. The van der Waals surface area contributed by atoms with Gasteiger partial charge in [-0.25, -0.2) is 9.97 Å². The van der Waals surface area contributed by atoms with Crippen molar-refractivity contribution in [2.24, 2.45) is 0 Å². The van der Waals surface area contributed by atoms with E-state index in [4.69, 9.17) is 4.74 Å². The number of anilines is 1. The smallest absolute Gasteiger partial charge is 0.143 e. The summed E-state index contributed by atoms with van der Waals surface area (Å²) < 4.78 is 6.64. The van der Waals surface area contributed by atoms with E-state index in [2.05, 4.69) is 44.8 Å². The summed E-state index contributed by atoms with van der Waals surface area (Å²) >= 11 is 2.31. The van der Waals surface area contributed by atoms with Crippen molar-refractivity contribution in [3.8, 4) is 0 Å². The van der Waals surface area contributed by atoms with Crippen LogP contribution in [0.4, 0.5) is 5.82 Å². The molecule has 0 aliphatic carbocycles. The number of hydrogen-bond acceptors (Lipinski definition) is 4. The van der Waals surface area contributed by atoms with E-state index in [1.165, 1.54) is 0 Å². The van der Waals surface area contributed by atoms with Gasteiger partial charge in [0.25, 0.3) is 0 Å². The highest BCUT2D eigenvalue weighted by molar-refractivity contribution is 14.1. The third-order valence-electron chi connectivity index (χ3n) is 3.03. The summed E-state index contributed by atoms with van der Waals surface area (Å²) in [6.07, 6.45) is 3.18. The summed E-state index contributed by atoms with van der Waals surface area (Å²) in [5.41, 5.74) is 1.13. The van der Waals surface area contributed by atoms with E-state index >= 15 is 0 Å². The van der Waals surface area contributed by atoms with E-state index < -0.39 is 0 Å². The number of aryl methyl sites for hydroxylation is 1. The lowest BCUT2D eigenvalue weighted by molar-refractivity contribution is 0.0780. The SMILES string of the molecule is CCc1nc(C2CCCOC2)nc(NC)c1I. The number of aromatic nitrogens is 2. The molecule has 1 aromatic rings. The molecule has 1 aliphatic heterocycles. The van der Waals surface area contributed by atoms with Gasteiger partial charge >= 0.3 is 0 Å². The topological polar surface area (TPSA) is 47.0 Å². The number of nitrogens with one attached hydrogen (secondary N) is 1. The summed E-state index contributed by atoms with van der Waals surface area (Å²) in [6, 6.07) is 0. The standard InChI is InChI=1S/C12H18IN3O/c1-3-9-10(13)12(14-2)16-11(15-9)8-5-4-6-17-7-8/h8H,3-7H2,1-2H3,(H,14,15,16). The fourth-order valence-electron chi connectivity index (χ4n) is 2.04. The van der Waals surface area contributed by atoms with Gasteiger partial charge < -0.3 is 10.1 Å². The molecule has 0 amide bonds. The number of ether oxygens (including phenoxy) is 1. The zero-order chi connectivity index (χ0) is 12.3. The fourth-order valence-corrected chi connectivity index (χ4v) is 2.93. The van der Waals surface area contributed by atoms with E-state index in [0.717, 1.165) is 53.4 Å². The number of halogens is 1. The molecule has 2 rings (SSSR count). The molecule has 0 spiro atoms. The summed E-state index contributed by atoms with van der Waals surface area (Å²) in [4.78, 5) is 9.30. The first-order valence-electron chi connectivity index (χ1n) is 6.08. The van der Waals surface area contributed by atoms with E-state index in [1.54, 1.807) is 0 Å². The molecule has 1 unspecified atom stereocenters. The Balaban J connectivity index is 2.33.